The zero-order chi connectivity index (χ0) is 14.5. The van der Waals surface area contributed by atoms with E-state index in [1.54, 1.807) is 12.1 Å². The number of nitriles is 1. The zero-order valence-corrected chi connectivity index (χ0v) is 10.3. The number of ether oxygens (including phenoxy) is 1. The van der Waals surface area contributed by atoms with Gasteiger partial charge in [0.05, 0.1) is 6.61 Å². The third-order valence-electron chi connectivity index (χ3n) is 2.61. The van der Waals surface area contributed by atoms with Gasteiger partial charge in [0.25, 0.3) is 0 Å². The standard InChI is InChI=1S/C14H10F2N2O2/c15-11-4-9(7-19)5-12(16)14(11)20-8-10-2-1-3-18-13(10)6-17/h1-5,19H,7-8H2. The number of hydrogen-bond acceptors (Lipinski definition) is 4. The molecule has 0 bridgehead atoms. The Morgan fingerprint density at radius 1 is 1.30 bits per heavy atom. The average molecular weight is 276 g/mol. The lowest BCUT2D eigenvalue weighted by atomic mass is 10.2. The van der Waals surface area contributed by atoms with E-state index in [1.165, 1.54) is 6.20 Å². The summed E-state index contributed by atoms with van der Waals surface area (Å²) in [4.78, 5) is 3.82. The minimum atomic E-state index is -0.906. The maximum Gasteiger partial charge on any atom is 0.191 e. The number of aliphatic hydroxyl groups is 1. The minimum absolute atomic E-state index is 0.117. The Bertz CT molecular complexity index is 645. The molecular formula is C14H10F2N2O2. The van der Waals surface area contributed by atoms with Gasteiger partial charge in [-0.1, -0.05) is 6.07 Å². The molecule has 1 aromatic heterocycles. The van der Waals surface area contributed by atoms with E-state index in [0.717, 1.165) is 12.1 Å². The first kappa shape index (κ1) is 13.9. The highest BCUT2D eigenvalue weighted by molar-refractivity contribution is 5.33. The van der Waals surface area contributed by atoms with Crippen molar-refractivity contribution >= 4 is 0 Å². The summed E-state index contributed by atoms with van der Waals surface area (Å²) < 4.78 is 32.3. The van der Waals surface area contributed by atoms with E-state index in [9.17, 15) is 8.78 Å². The fraction of sp³-hybridized carbons (Fsp3) is 0.143. The molecule has 0 saturated carbocycles. The van der Waals surface area contributed by atoms with Gasteiger partial charge in [-0.3, -0.25) is 0 Å². The second-order valence-corrected chi connectivity index (χ2v) is 3.96. The number of hydrogen-bond donors (Lipinski definition) is 1. The van der Waals surface area contributed by atoms with Crippen molar-refractivity contribution < 1.29 is 18.6 Å². The minimum Gasteiger partial charge on any atom is -0.483 e. The van der Waals surface area contributed by atoms with Crippen molar-refractivity contribution in [3.63, 3.8) is 0 Å². The van der Waals surface area contributed by atoms with Crippen molar-refractivity contribution in [2.45, 2.75) is 13.2 Å². The topological polar surface area (TPSA) is 66.1 Å². The molecule has 2 aromatic rings. The van der Waals surface area contributed by atoms with Gasteiger partial charge in [-0.2, -0.15) is 5.26 Å². The van der Waals surface area contributed by atoms with Gasteiger partial charge >= 0.3 is 0 Å². The second kappa shape index (κ2) is 6.08. The van der Waals surface area contributed by atoms with Crippen LogP contribution in [0.25, 0.3) is 0 Å². The molecule has 0 aliphatic rings. The van der Waals surface area contributed by atoms with Gasteiger partial charge in [-0.25, -0.2) is 13.8 Å². The predicted octanol–water partition coefficient (Wildman–Crippen LogP) is 2.30. The lowest BCUT2D eigenvalue weighted by Crippen LogP contribution is -2.03. The Morgan fingerprint density at radius 2 is 2.00 bits per heavy atom. The van der Waals surface area contributed by atoms with Crippen molar-refractivity contribution in [1.82, 2.24) is 4.98 Å². The van der Waals surface area contributed by atoms with Gasteiger partial charge in [0.15, 0.2) is 17.4 Å². The van der Waals surface area contributed by atoms with Gasteiger partial charge in [-0.15, -0.1) is 0 Å². The molecule has 0 aliphatic carbocycles. The lowest BCUT2D eigenvalue weighted by molar-refractivity contribution is 0.266. The molecule has 20 heavy (non-hydrogen) atoms. The summed E-state index contributed by atoms with van der Waals surface area (Å²) in [6.45, 7) is -0.641. The van der Waals surface area contributed by atoms with Crippen LogP contribution in [0.4, 0.5) is 8.78 Å². The van der Waals surface area contributed by atoms with Crippen LogP contribution in [0.1, 0.15) is 16.8 Å². The molecule has 0 amide bonds. The van der Waals surface area contributed by atoms with Crippen molar-refractivity contribution in [2.75, 3.05) is 0 Å². The molecule has 102 valence electrons. The molecule has 0 atom stereocenters. The maximum absolute atomic E-state index is 13.6. The van der Waals surface area contributed by atoms with E-state index >= 15 is 0 Å². The smallest absolute Gasteiger partial charge is 0.191 e. The first-order valence-electron chi connectivity index (χ1n) is 5.71. The van der Waals surface area contributed by atoms with Crippen LogP contribution in [0.5, 0.6) is 5.75 Å². The third kappa shape index (κ3) is 2.90. The van der Waals surface area contributed by atoms with Gasteiger partial charge in [0, 0.05) is 11.8 Å². The van der Waals surface area contributed by atoms with Gasteiger partial charge in [-0.05, 0) is 23.8 Å². The summed E-state index contributed by atoms with van der Waals surface area (Å²) >= 11 is 0. The summed E-state index contributed by atoms with van der Waals surface area (Å²) in [5.74, 6) is -2.36. The molecular weight excluding hydrogens is 266 g/mol. The molecule has 0 radical (unpaired) electrons. The molecule has 0 aliphatic heterocycles. The largest absolute Gasteiger partial charge is 0.483 e. The molecule has 0 fully saturated rings. The van der Waals surface area contributed by atoms with Gasteiger partial charge < -0.3 is 9.84 Å². The first-order valence-corrected chi connectivity index (χ1v) is 5.71. The van der Waals surface area contributed by atoms with Crippen LogP contribution in [0.2, 0.25) is 0 Å². The van der Waals surface area contributed by atoms with E-state index < -0.39 is 24.0 Å². The van der Waals surface area contributed by atoms with E-state index in [1.807, 2.05) is 6.07 Å². The summed E-state index contributed by atoms with van der Waals surface area (Å²) in [6.07, 6.45) is 1.44. The summed E-state index contributed by atoms with van der Waals surface area (Å²) in [6, 6.07) is 7.04. The number of benzene rings is 1. The molecule has 0 unspecified atom stereocenters. The van der Waals surface area contributed by atoms with Crippen molar-refractivity contribution in [3.05, 3.63) is 58.9 Å². The Labute approximate surface area is 113 Å². The average Bonchev–Trinajstić information content (AvgIpc) is 2.46. The Morgan fingerprint density at radius 3 is 2.60 bits per heavy atom. The van der Waals surface area contributed by atoms with Crippen molar-refractivity contribution in [2.24, 2.45) is 0 Å². The Kier molecular flexibility index (Phi) is 4.23. The van der Waals surface area contributed by atoms with Gasteiger partial charge in [0.1, 0.15) is 18.4 Å². The molecule has 1 N–H and O–H groups in total. The predicted molar refractivity (Wildman–Crippen MR) is 65.6 cm³/mol. The van der Waals surface area contributed by atoms with E-state index in [4.69, 9.17) is 15.1 Å². The number of halogens is 2. The molecule has 0 spiro atoms. The van der Waals surface area contributed by atoms with E-state index in [-0.39, 0.29) is 17.9 Å². The summed E-state index contributed by atoms with van der Waals surface area (Å²) in [5.41, 5.74) is 0.687. The van der Waals surface area contributed by atoms with Crippen LogP contribution in [0.3, 0.4) is 0 Å². The molecule has 1 aromatic carbocycles. The number of aliphatic hydroxyl groups excluding tert-OH is 1. The van der Waals surface area contributed by atoms with Crippen molar-refractivity contribution in [3.8, 4) is 11.8 Å². The van der Waals surface area contributed by atoms with Crippen LogP contribution in [-0.2, 0) is 13.2 Å². The van der Waals surface area contributed by atoms with Crippen LogP contribution in [0.15, 0.2) is 30.5 Å². The van der Waals surface area contributed by atoms with E-state index in [2.05, 4.69) is 4.98 Å². The van der Waals surface area contributed by atoms with Crippen molar-refractivity contribution in [1.29, 1.82) is 5.26 Å². The highest BCUT2D eigenvalue weighted by Gasteiger charge is 2.13. The van der Waals surface area contributed by atoms with Crippen LogP contribution < -0.4 is 4.74 Å². The molecule has 4 nitrogen and oxygen atoms in total. The monoisotopic (exact) mass is 276 g/mol. The zero-order valence-electron chi connectivity index (χ0n) is 10.3. The molecule has 6 heteroatoms. The first-order chi connectivity index (χ1) is 9.65. The van der Waals surface area contributed by atoms with Gasteiger partial charge in [0.2, 0.25) is 0 Å². The fourth-order valence-corrected chi connectivity index (χ4v) is 1.65. The number of nitrogens with zero attached hydrogens (tertiary/aromatic N) is 2. The normalized spacial score (nSPS) is 10.1. The Balaban J connectivity index is 2.22. The number of pyridine rings is 1. The molecule has 1 heterocycles. The summed E-state index contributed by atoms with van der Waals surface area (Å²) in [7, 11) is 0. The highest BCUT2D eigenvalue weighted by Crippen LogP contribution is 2.24. The molecule has 0 saturated heterocycles. The van der Waals surface area contributed by atoms with Crippen LogP contribution >= 0.6 is 0 Å². The SMILES string of the molecule is N#Cc1ncccc1COc1c(F)cc(CO)cc1F. The number of rotatable bonds is 4. The summed E-state index contributed by atoms with van der Waals surface area (Å²) in [5, 5.41) is 17.7. The Hall–Kier alpha value is -2.52. The quantitative estimate of drug-likeness (QED) is 0.930. The lowest BCUT2D eigenvalue weighted by Gasteiger charge is -2.10. The van der Waals surface area contributed by atoms with Crippen LogP contribution in [-0.4, -0.2) is 10.1 Å². The van der Waals surface area contributed by atoms with E-state index in [0.29, 0.717) is 5.56 Å². The highest BCUT2D eigenvalue weighted by atomic mass is 19.1. The number of aromatic nitrogens is 1. The molecule has 2 rings (SSSR count). The third-order valence-corrected chi connectivity index (χ3v) is 2.61. The maximum atomic E-state index is 13.6. The van der Waals surface area contributed by atoms with Crippen LogP contribution in [0, 0.1) is 23.0 Å². The fourth-order valence-electron chi connectivity index (χ4n) is 1.65. The second-order valence-electron chi connectivity index (χ2n) is 3.96.